The third kappa shape index (κ3) is 3.23. The molecule has 152 valence electrons. The summed E-state index contributed by atoms with van der Waals surface area (Å²) in [6, 6.07) is 8.31. The first-order valence-corrected chi connectivity index (χ1v) is 11.2. The van der Waals surface area contributed by atoms with Crippen molar-refractivity contribution in [2.45, 2.75) is 57.7 Å². The van der Waals surface area contributed by atoms with Gasteiger partial charge in [0.15, 0.2) is 5.16 Å². The molecular weight excluding hydrogens is 380 g/mol. The Labute approximate surface area is 175 Å². The lowest BCUT2D eigenvalue weighted by Crippen LogP contribution is -2.37. The number of aromatic nitrogens is 4. The maximum Gasteiger partial charge on any atom is 0.265 e. The fourth-order valence-corrected chi connectivity index (χ4v) is 5.01. The molecule has 0 radical (unpaired) electrons. The second-order valence-corrected chi connectivity index (χ2v) is 9.47. The van der Waals surface area contributed by atoms with Gasteiger partial charge in [-0.05, 0) is 24.3 Å². The number of hydrogen-bond donors (Lipinski definition) is 0. The van der Waals surface area contributed by atoms with Crippen molar-refractivity contribution < 1.29 is 0 Å². The molecule has 1 aliphatic rings. The van der Waals surface area contributed by atoms with Gasteiger partial charge in [0.25, 0.3) is 5.56 Å². The minimum atomic E-state index is -0.241. The van der Waals surface area contributed by atoms with Crippen LogP contribution in [0.2, 0.25) is 0 Å². The van der Waals surface area contributed by atoms with Crippen LogP contribution in [0.3, 0.4) is 0 Å². The molecule has 2 heterocycles. The molecule has 0 spiro atoms. The van der Waals surface area contributed by atoms with Gasteiger partial charge < -0.3 is 0 Å². The van der Waals surface area contributed by atoms with Crippen LogP contribution in [-0.4, -0.2) is 24.9 Å². The van der Waals surface area contributed by atoms with Gasteiger partial charge in [-0.3, -0.25) is 4.79 Å². The fourth-order valence-electron chi connectivity index (χ4n) is 4.08. The van der Waals surface area contributed by atoms with Crippen LogP contribution in [0.15, 0.2) is 46.9 Å². The summed E-state index contributed by atoms with van der Waals surface area (Å²) in [5, 5.41) is 5.44. The number of fused-ring (bicyclic) bond motifs is 4. The summed E-state index contributed by atoms with van der Waals surface area (Å²) in [5.41, 5.74) is 3.73. The average Bonchev–Trinajstić information content (AvgIpc) is 3.04. The summed E-state index contributed by atoms with van der Waals surface area (Å²) >= 11 is 1.62. The van der Waals surface area contributed by atoms with Crippen molar-refractivity contribution in [1.29, 1.82) is 0 Å². The number of allylic oxidation sites excluding steroid dienone is 1. The lowest BCUT2D eigenvalue weighted by molar-refractivity contribution is 0.439. The van der Waals surface area contributed by atoms with E-state index in [1.165, 1.54) is 5.56 Å². The normalized spacial score (nSPS) is 18.1. The first-order chi connectivity index (χ1) is 13.9. The summed E-state index contributed by atoms with van der Waals surface area (Å²) in [5.74, 6) is 2.00. The van der Waals surface area contributed by atoms with E-state index in [1.807, 2.05) is 6.07 Å². The van der Waals surface area contributed by atoms with Crippen LogP contribution in [0.25, 0.3) is 17.0 Å². The summed E-state index contributed by atoms with van der Waals surface area (Å²) in [6.07, 6.45) is 3.52. The maximum absolute atomic E-state index is 13.9. The van der Waals surface area contributed by atoms with E-state index in [0.717, 1.165) is 35.4 Å². The van der Waals surface area contributed by atoms with Crippen LogP contribution in [-0.2, 0) is 18.4 Å². The lowest BCUT2D eigenvalue weighted by atomic mass is 9.69. The predicted molar refractivity (Wildman–Crippen MR) is 120 cm³/mol. The van der Waals surface area contributed by atoms with E-state index >= 15 is 0 Å². The zero-order chi connectivity index (χ0) is 20.8. The van der Waals surface area contributed by atoms with E-state index in [9.17, 15) is 4.79 Å². The van der Waals surface area contributed by atoms with Gasteiger partial charge in [0.05, 0.1) is 17.8 Å². The first kappa shape index (κ1) is 20.0. The Kier molecular flexibility index (Phi) is 5.15. The molecule has 5 nitrogen and oxygen atoms in total. The van der Waals surface area contributed by atoms with Crippen LogP contribution in [0.5, 0.6) is 0 Å². The van der Waals surface area contributed by atoms with Crippen molar-refractivity contribution in [3.8, 4) is 11.3 Å². The Hall–Kier alpha value is -2.34. The van der Waals surface area contributed by atoms with Crippen LogP contribution in [0.4, 0.5) is 0 Å². The van der Waals surface area contributed by atoms with Crippen molar-refractivity contribution >= 4 is 17.5 Å². The molecular formula is C23H28N4OS. The molecule has 0 saturated carbocycles. The van der Waals surface area contributed by atoms with E-state index < -0.39 is 0 Å². The number of thioether (sulfide) groups is 1. The highest BCUT2D eigenvalue weighted by molar-refractivity contribution is 7.99. The quantitative estimate of drug-likeness (QED) is 0.438. The van der Waals surface area contributed by atoms with Gasteiger partial charge in [-0.2, -0.15) is 0 Å². The van der Waals surface area contributed by atoms with Crippen molar-refractivity contribution in [1.82, 2.24) is 19.2 Å². The molecule has 0 saturated heterocycles. The standard InChI is InChI=1S/C23H28N4OS/c1-6-12-26-21-24-19-17-11-9-8-10-16(17)13-23(5,7-2)18(19)20(28)27(21)22(25-26)29-14-15(3)4/h6,8-11,15H,1,7,12-14H2,2-5H3. The first-order valence-electron chi connectivity index (χ1n) is 10.3. The monoisotopic (exact) mass is 408 g/mol. The van der Waals surface area contributed by atoms with Gasteiger partial charge in [0.1, 0.15) is 0 Å². The Bertz CT molecular complexity index is 1140. The predicted octanol–water partition coefficient (Wildman–Crippen LogP) is 4.72. The van der Waals surface area contributed by atoms with E-state index in [-0.39, 0.29) is 11.0 Å². The third-order valence-electron chi connectivity index (χ3n) is 5.78. The highest BCUT2D eigenvalue weighted by Gasteiger charge is 2.38. The molecule has 3 aromatic rings. The number of hydrogen-bond acceptors (Lipinski definition) is 4. The third-order valence-corrected chi connectivity index (χ3v) is 7.13. The Morgan fingerprint density at radius 3 is 2.79 bits per heavy atom. The van der Waals surface area contributed by atoms with Crippen LogP contribution in [0, 0.1) is 5.92 Å². The second kappa shape index (κ2) is 7.48. The smallest absolute Gasteiger partial charge is 0.265 e. The van der Waals surface area contributed by atoms with Crippen molar-refractivity contribution in [2.75, 3.05) is 5.75 Å². The molecule has 29 heavy (non-hydrogen) atoms. The molecule has 1 atom stereocenters. The molecule has 1 aromatic carbocycles. The summed E-state index contributed by atoms with van der Waals surface area (Å²) in [4.78, 5) is 18.9. The molecule has 0 aliphatic heterocycles. The number of nitrogens with zero attached hydrogens (tertiary/aromatic N) is 4. The second-order valence-electron chi connectivity index (χ2n) is 8.48. The van der Waals surface area contributed by atoms with Crippen LogP contribution >= 0.6 is 11.8 Å². The summed E-state index contributed by atoms with van der Waals surface area (Å²) < 4.78 is 3.51. The topological polar surface area (TPSA) is 52.2 Å². The lowest BCUT2D eigenvalue weighted by Gasteiger charge is -2.35. The van der Waals surface area contributed by atoms with Gasteiger partial charge in [0.2, 0.25) is 5.78 Å². The highest BCUT2D eigenvalue weighted by Crippen LogP contribution is 2.42. The number of rotatable bonds is 6. The van der Waals surface area contributed by atoms with Crippen molar-refractivity contribution in [3.05, 3.63) is 58.4 Å². The molecule has 1 unspecified atom stereocenters. The van der Waals surface area contributed by atoms with Crippen molar-refractivity contribution in [2.24, 2.45) is 5.92 Å². The molecule has 4 rings (SSSR count). The molecule has 0 fully saturated rings. The zero-order valence-electron chi connectivity index (χ0n) is 17.6. The van der Waals surface area contributed by atoms with E-state index in [4.69, 9.17) is 10.1 Å². The fraction of sp³-hybridized carbons (Fsp3) is 0.435. The van der Waals surface area contributed by atoms with Crippen LogP contribution < -0.4 is 5.56 Å². The van der Waals surface area contributed by atoms with Crippen LogP contribution in [0.1, 0.15) is 45.2 Å². The average molecular weight is 409 g/mol. The largest absolute Gasteiger partial charge is 0.268 e. The Morgan fingerprint density at radius 2 is 2.10 bits per heavy atom. The molecule has 0 bridgehead atoms. The summed E-state index contributed by atoms with van der Waals surface area (Å²) in [6.45, 7) is 13.0. The van der Waals surface area contributed by atoms with Crippen molar-refractivity contribution in [3.63, 3.8) is 0 Å². The van der Waals surface area contributed by atoms with Gasteiger partial charge in [-0.15, -0.1) is 11.7 Å². The van der Waals surface area contributed by atoms with Gasteiger partial charge >= 0.3 is 0 Å². The van der Waals surface area contributed by atoms with E-state index in [2.05, 4.69) is 52.5 Å². The molecule has 6 heteroatoms. The zero-order valence-corrected chi connectivity index (χ0v) is 18.4. The maximum atomic E-state index is 13.9. The molecule has 2 aromatic heterocycles. The molecule has 0 N–H and O–H groups in total. The highest BCUT2D eigenvalue weighted by atomic mass is 32.2. The van der Waals surface area contributed by atoms with Gasteiger partial charge in [-0.1, -0.05) is 69.8 Å². The summed E-state index contributed by atoms with van der Waals surface area (Å²) in [7, 11) is 0. The minimum Gasteiger partial charge on any atom is -0.268 e. The van der Waals surface area contributed by atoms with E-state index in [0.29, 0.717) is 23.4 Å². The van der Waals surface area contributed by atoms with E-state index in [1.54, 1.807) is 26.9 Å². The Morgan fingerprint density at radius 1 is 1.34 bits per heavy atom. The Balaban J connectivity index is 2.06. The van der Waals surface area contributed by atoms with Gasteiger partial charge in [-0.25, -0.2) is 14.1 Å². The molecule has 1 aliphatic carbocycles. The SMILES string of the molecule is C=CCn1nc(SCC(C)C)n2c(=O)c3c(nc12)-c1ccccc1CC3(C)CC. The minimum absolute atomic E-state index is 0.0189. The number of benzene rings is 1. The van der Waals surface area contributed by atoms with Gasteiger partial charge in [0, 0.05) is 16.7 Å². The molecule has 0 amide bonds.